The summed E-state index contributed by atoms with van der Waals surface area (Å²) in [4.78, 5) is 53.7. The van der Waals surface area contributed by atoms with E-state index < -0.39 is 82.3 Å². The second-order valence-corrected chi connectivity index (χ2v) is 12.7. The minimum atomic E-state index is -2.15. The molecule has 0 radical (unpaired) electrons. The van der Waals surface area contributed by atoms with Gasteiger partial charge in [0.15, 0.2) is 17.5 Å². The van der Waals surface area contributed by atoms with Crippen LogP contribution in [0.2, 0.25) is 0 Å². The van der Waals surface area contributed by atoms with E-state index >= 15 is 0 Å². The van der Waals surface area contributed by atoms with Crippen molar-refractivity contribution in [3.63, 3.8) is 0 Å². The highest BCUT2D eigenvalue weighted by Crippen LogP contribution is 2.64. The highest BCUT2D eigenvalue weighted by Gasteiger charge is 2.78. The summed E-state index contributed by atoms with van der Waals surface area (Å²) in [7, 11) is 1.10. The maximum Gasteiger partial charge on any atom is 0.508 e. The van der Waals surface area contributed by atoms with Crippen LogP contribution in [0.3, 0.4) is 0 Å². The Morgan fingerprint density at radius 2 is 1.70 bits per heavy atom. The van der Waals surface area contributed by atoms with E-state index in [4.69, 9.17) is 23.7 Å². The number of hydrogen-bond donors (Lipinski definition) is 3. The van der Waals surface area contributed by atoms with Crippen LogP contribution in [0.15, 0.2) is 41.5 Å². The summed E-state index contributed by atoms with van der Waals surface area (Å²) in [5, 5.41) is 35.9. The summed E-state index contributed by atoms with van der Waals surface area (Å²) in [6.45, 7) is 7.06. The van der Waals surface area contributed by atoms with Crippen molar-refractivity contribution in [1.82, 2.24) is 0 Å². The van der Waals surface area contributed by atoms with Gasteiger partial charge in [-0.25, -0.2) is 9.59 Å². The lowest BCUT2D eigenvalue weighted by molar-refractivity contribution is -0.344. The Labute approximate surface area is 248 Å². The van der Waals surface area contributed by atoms with Crippen LogP contribution in [-0.2, 0) is 33.3 Å². The van der Waals surface area contributed by atoms with Gasteiger partial charge in [-0.2, -0.15) is 0 Å². The van der Waals surface area contributed by atoms with E-state index in [1.165, 1.54) is 19.1 Å². The van der Waals surface area contributed by atoms with Gasteiger partial charge in [0, 0.05) is 25.2 Å². The maximum atomic E-state index is 14.8. The Morgan fingerprint density at radius 3 is 2.26 bits per heavy atom. The molecular weight excluding hydrogens is 564 g/mol. The van der Waals surface area contributed by atoms with Crippen molar-refractivity contribution in [2.24, 2.45) is 16.7 Å². The molecule has 2 unspecified atom stereocenters. The molecule has 43 heavy (non-hydrogen) atoms. The smallest absolute Gasteiger partial charge is 0.455 e. The first-order chi connectivity index (χ1) is 20.1. The van der Waals surface area contributed by atoms with Gasteiger partial charge in [0.1, 0.15) is 17.8 Å². The molecule has 0 aromatic heterocycles. The molecule has 3 N–H and O–H groups in total. The fourth-order valence-electron chi connectivity index (χ4n) is 7.83. The van der Waals surface area contributed by atoms with Gasteiger partial charge >= 0.3 is 18.1 Å². The number of aliphatic hydroxyl groups is 3. The van der Waals surface area contributed by atoms with Crippen molar-refractivity contribution in [1.29, 1.82) is 0 Å². The molecule has 1 saturated heterocycles. The number of benzene rings is 1. The monoisotopic (exact) mass is 602 g/mol. The Hall–Kier alpha value is -3.32. The van der Waals surface area contributed by atoms with Gasteiger partial charge in [-0.05, 0) is 37.1 Å². The molecule has 4 aliphatic rings. The molecule has 12 heteroatoms. The van der Waals surface area contributed by atoms with Gasteiger partial charge in [-0.3, -0.25) is 9.59 Å². The van der Waals surface area contributed by atoms with Gasteiger partial charge in [-0.1, -0.05) is 32.0 Å². The Bertz CT molecular complexity index is 1370. The largest absolute Gasteiger partial charge is 0.508 e. The number of methoxy groups -OCH3 is 1. The molecule has 0 amide bonds. The number of carbonyl (C=O) groups excluding carboxylic acids is 4. The number of aliphatic hydroxyl groups excluding tert-OH is 2. The fourth-order valence-corrected chi connectivity index (χ4v) is 7.83. The lowest BCUT2D eigenvalue weighted by Crippen LogP contribution is -2.82. The number of rotatable bonds is 4. The van der Waals surface area contributed by atoms with Crippen molar-refractivity contribution in [2.75, 3.05) is 13.7 Å². The van der Waals surface area contributed by atoms with Gasteiger partial charge in [-0.15, -0.1) is 0 Å². The number of ether oxygens (including phenoxy) is 5. The van der Waals surface area contributed by atoms with E-state index in [9.17, 15) is 34.5 Å². The first kappa shape index (κ1) is 31.1. The van der Waals surface area contributed by atoms with Crippen molar-refractivity contribution in [3.05, 3.63) is 47.0 Å². The molecule has 3 aliphatic carbocycles. The number of hydrogen-bond acceptors (Lipinski definition) is 12. The molecule has 1 aromatic carbocycles. The maximum absolute atomic E-state index is 14.8. The average Bonchev–Trinajstić information content (AvgIpc) is 2.95. The summed E-state index contributed by atoms with van der Waals surface area (Å²) in [6.07, 6.45) is -8.69. The van der Waals surface area contributed by atoms with E-state index in [-0.39, 0.29) is 30.6 Å². The molecule has 234 valence electrons. The van der Waals surface area contributed by atoms with Crippen molar-refractivity contribution in [3.8, 4) is 0 Å². The normalized spacial score (nSPS) is 39.6. The number of carbonyl (C=O) groups is 4. The molecule has 1 aromatic rings. The zero-order chi connectivity index (χ0) is 31.7. The first-order valence-corrected chi connectivity index (χ1v) is 14.2. The molecule has 2 saturated carbocycles. The van der Waals surface area contributed by atoms with Crippen molar-refractivity contribution >= 4 is 23.9 Å². The molecule has 1 aliphatic heterocycles. The number of ketones is 1. The molecule has 2 bridgehead atoms. The van der Waals surface area contributed by atoms with Gasteiger partial charge < -0.3 is 39.0 Å². The van der Waals surface area contributed by atoms with Crippen LogP contribution >= 0.6 is 0 Å². The Morgan fingerprint density at radius 1 is 1.05 bits per heavy atom. The van der Waals surface area contributed by atoms with Crippen LogP contribution in [0.25, 0.3) is 0 Å². The molecule has 5 rings (SSSR count). The summed E-state index contributed by atoms with van der Waals surface area (Å²) in [6, 6.07) is 7.98. The summed E-state index contributed by atoms with van der Waals surface area (Å²) in [5.74, 6) is -3.87. The van der Waals surface area contributed by atoms with E-state index in [0.29, 0.717) is 5.57 Å². The predicted molar refractivity (Wildman–Crippen MR) is 146 cm³/mol. The van der Waals surface area contributed by atoms with Crippen LogP contribution < -0.4 is 0 Å². The lowest BCUT2D eigenvalue weighted by Gasteiger charge is -2.67. The predicted octanol–water partition coefficient (Wildman–Crippen LogP) is 1.87. The molecule has 12 nitrogen and oxygen atoms in total. The SMILES string of the molecule is COC(=O)O[C@@]12CO[C@@H]1C[C@H](O)[C@@]1(C)C(=O)[C@H](OC(C)=O)C3=C(C)[C@@H](O)C[C@@](O)(C(OC(=O)c4ccccc4)C12)C3(C)C. The van der Waals surface area contributed by atoms with Crippen LogP contribution in [0.1, 0.15) is 57.8 Å². The highest BCUT2D eigenvalue weighted by molar-refractivity contribution is 5.95. The highest BCUT2D eigenvalue weighted by atomic mass is 16.8. The van der Waals surface area contributed by atoms with E-state index in [1.54, 1.807) is 39.0 Å². The van der Waals surface area contributed by atoms with Crippen LogP contribution in [0, 0.1) is 16.7 Å². The molecule has 0 spiro atoms. The zero-order valence-corrected chi connectivity index (χ0v) is 25.0. The molecule has 1 heterocycles. The van der Waals surface area contributed by atoms with Gasteiger partial charge in [0.2, 0.25) is 0 Å². The summed E-state index contributed by atoms with van der Waals surface area (Å²) >= 11 is 0. The van der Waals surface area contributed by atoms with Crippen LogP contribution in [-0.4, -0.2) is 94.6 Å². The fraction of sp³-hybridized carbons (Fsp3) is 0.613. The quantitative estimate of drug-likeness (QED) is 0.260. The topological polar surface area (TPSA) is 175 Å². The zero-order valence-electron chi connectivity index (χ0n) is 25.0. The average molecular weight is 603 g/mol. The second kappa shape index (κ2) is 10.4. The molecular formula is C31H38O12. The summed E-state index contributed by atoms with van der Waals surface area (Å²) in [5.41, 5.74) is -6.69. The van der Waals surface area contributed by atoms with Gasteiger partial charge in [0.25, 0.3) is 0 Å². The van der Waals surface area contributed by atoms with Crippen molar-refractivity contribution in [2.45, 2.75) is 89.2 Å². The third-order valence-electron chi connectivity index (χ3n) is 10.3. The van der Waals surface area contributed by atoms with Crippen LogP contribution in [0.4, 0.5) is 4.79 Å². The Balaban J connectivity index is 1.84. The number of esters is 2. The second-order valence-electron chi connectivity index (χ2n) is 12.7. The minimum absolute atomic E-state index is 0.136. The minimum Gasteiger partial charge on any atom is -0.455 e. The van der Waals surface area contributed by atoms with Crippen LogP contribution in [0.5, 0.6) is 0 Å². The third-order valence-corrected chi connectivity index (χ3v) is 10.3. The van der Waals surface area contributed by atoms with E-state index in [1.807, 2.05) is 0 Å². The molecule has 9 atom stereocenters. The lowest BCUT2D eigenvalue weighted by atomic mass is 9.44. The van der Waals surface area contributed by atoms with E-state index in [0.717, 1.165) is 14.0 Å². The van der Waals surface area contributed by atoms with E-state index in [2.05, 4.69) is 0 Å². The molecule has 3 fully saturated rings. The number of Topliss-reactive ketones (excluding diaryl/α,β-unsaturated/α-hetero) is 1. The van der Waals surface area contributed by atoms with Gasteiger partial charge in [0.05, 0.1) is 42.8 Å². The van der Waals surface area contributed by atoms with Crippen molar-refractivity contribution < 1.29 is 58.2 Å². The third kappa shape index (κ3) is 4.33. The first-order valence-electron chi connectivity index (χ1n) is 14.2. The summed E-state index contributed by atoms with van der Waals surface area (Å²) < 4.78 is 28.2. The standard InChI is InChI=1S/C31H38O12/c1-15-18(33)13-31(38)25(42-26(36)17-10-8-7-9-11-17)23-29(5,24(35)22(41-16(2)32)21(15)28(31,3)4)19(34)12-20-30(23,14-40-20)43-27(37)39-6/h7-11,18-20,22-23,25,33-34,38H,12-14H2,1-6H3/t18-,19-,20+,22+,23?,25?,29+,30-,31+/m0/s1. The Kier molecular flexibility index (Phi) is 7.52. The number of fused-ring (bicyclic) bond motifs is 5.